The molecule has 2 heterocycles. The SMILES string of the molecule is CCOc1ccc(-c2cc3c(SCC(=O)NC4CCc5ccccc54)nccn3n2)cc1. The van der Waals surface area contributed by atoms with Gasteiger partial charge in [-0.3, -0.25) is 4.79 Å². The first-order valence-corrected chi connectivity index (χ1v) is 11.8. The first-order valence-electron chi connectivity index (χ1n) is 10.8. The van der Waals surface area contributed by atoms with Crippen molar-refractivity contribution in [3.8, 4) is 17.0 Å². The van der Waals surface area contributed by atoms with Crippen molar-refractivity contribution < 1.29 is 9.53 Å². The van der Waals surface area contributed by atoms with Crippen LogP contribution in [0.3, 0.4) is 0 Å². The van der Waals surface area contributed by atoms with Gasteiger partial charge >= 0.3 is 0 Å². The van der Waals surface area contributed by atoms with Gasteiger partial charge in [0.25, 0.3) is 0 Å². The number of carbonyl (C=O) groups is 1. The quantitative estimate of drug-likeness (QED) is 0.419. The number of nitrogens with zero attached hydrogens (tertiary/aromatic N) is 3. The molecular formula is C25H24N4O2S. The number of hydrogen-bond acceptors (Lipinski definition) is 5. The zero-order chi connectivity index (χ0) is 21.9. The summed E-state index contributed by atoms with van der Waals surface area (Å²) in [5.74, 6) is 1.18. The first kappa shape index (κ1) is 20.6. The third-order valence-corrected chi connectivity index (χ3v) is 6.62. The summed E-state index contributed by atoms with van der Waals surface area (Å²) in [5, 5.41) is 8.65. The molecular weight excluding hydrogens is 420 g/mol. The molecule has 7 heteroatoms. The molecule has 0 bridgehead atoms. The molecule has 0 saturated carbocycles. The Balaban J connectivity index is 1.28. The average molecular weight is 445 g/mol. The van der Waals surface area contributed by atoms with Crippen LogP contribution in [0.2, 0.25) is 0 Å². The molecule has 1 N–H and O–H groups in total. The van der Waals surface area contributed by atoms with Crippen LogP contribution in [0.1, 0.15) is 30.5 Å². The highest BCUT2D eigenvalue weighted by atomic mass is 32.2. The molecule has 2 aromatic carbocycles. The predicted molar refractivity (Wildman–Crippen MR) is 126 cm³/mol. The van der Waals surface area contributed by atoms with Crippen LogP contribution in [-0.2, 0) is 11.2 Å². The van der Waals surface area contributed by atoms with Crippen molar-refractivity contribution >= 4 is 23.2 Å². The predicted octanol–water partition coefficient (Wildman–Crippen LogP) is 4.69. The Hall–Kier alpha value is -3.32. The summed E-state index contributed by atoms with van der Waals surface area (Å²) >= 11 is 1.44. The summed E-state index contributed by atoms with van der Waals surface area (Å²) in [7, 11) is 0. The van der Waals surface area contributed by atoms with E-state index in [1.165, 1.54) is 22.9 Å². The zero-order valence-electron chi connectivity index (χ0n) is 17.8. The molecule has 5 rings (SSSR count). The lowest BCUT2D eigenvalue weighted by Gasteiger charge is -2.14. The maximum atomic E-state index is 12.6. The van der Waals surface area contributed by atoms with Crippen molar-refractivity contribution in [2.24, 2.45) is 0 Å². The van der Waals surface area contributed by atoms with Crippen molar-refractivity contribution in [2.75, 3.05) is 12.4 Å². The lowest BCUT2D eigenvalue weighted by Crippen LogP contribution is -2.28. The number of rotatable bonds is 7. The van der Waals surface area contributed by atoms with E-state index in [1.807, 2.05) is 54.0 Å². The van der Waals surface area contributed by atoms with Crippen molar-refractivity contribution in [1.82, 2.24) is 19.9 Å². The largest absolute Gasteiger partial charge is 0.494 e. The number of fused-ring (bicyclic) bond motifs is 2. The van der Waals surface area contributed by atoms with Gasteiger partial charge in [-0.1, -0.05) is 36.0 Å². The minimum absolute atomic E-state index is 0.0201. The number of aromatic nitrogens is 3. The van der Waals surface area contributed by atoms with E-state index in [-0.39, 0.29) is 11.9 Å². The lowest BCUT2D eigenvalue weighted by atomic mass is 10.1. The summed E-state index contributed by atoms with van der Waals surface area (Å²) in [6.07, 6.45) is 5.51. The highest BCUT2D eigenvalue weighted by Gasteiger charge is 2.23. The summed E-state index contributed by atoms with van der Waals surface area (Å²) in [6.45, 7) is 2.61. The molecule has 6 nitrogen and oxygen atoms in total. The van der Waals surface area contributed by atoms with E-state index in [2.05, 4.69) is 33.6 Å². The average Bonchev–Trinajstić information content (AvgIpc) is 3.43. The van der Waals surface area contributed by atoms with Crippen molar-refractivity contribution in [1.29, 1.82) is 0 Å². The number of carbonyl (C=O) groups excluding carboxylic acids is 1. The van der Waals surface area contributed by atoms with E-state index in [4.69, 9.17) is 4.74 Å². The Morgan fingerprint density at radius 2 is 2.06 bits per heavy atom. The minimum Gasteiger partial charge on any atom is -0.494 e. The van der Waals surface area contributed by atoms with Gasteiger partial charge in [-0.15, -0.1) is 0 Å². The first-order chi connectivity index (χ1) is 15.7. The van der Waals surface area contributed by atoms with Crippen LogP contribution in [0.15, 0.2) is 72.0 Å². The van der Waals surface area contributed by atoms with Crippen LogP contribution >= 0.6 is 11.8 Å². The van der Waals surface area contributed by atoms with Crippen LogP contribution in [0.5, 0.6) is 5.75 Å². The van der Waals surface area contributed by atoms with Crippen LogP contribution in [-0.4, -0.2) is 32.9 Å². The highest BCUT2D eigenvalue weighted by Crippen LogP contribution is 2.31. The fourth-order valence-electron chi connectivity index (χ4n) is 4.12. The number of amides is 1. The standard InChI is InChI=1S/C25H24N4O2S/c1-2-31-19-10-7-18(8-11-19)22-15-23-25(26-13-14-29(23)28-22)32-16-24(30)27-21-12-9-17-5-3-4-6-20(17)21/h3-8,10-11,13-15,21H,2,9,12,16H2,1H3,(H,27,30). The van der Waals surface area contributed by atoms with E-state index in [0.717, 1.165) is 40.4 Å². The van der Waals surface area contributed by atoms with E-state index in [9.17, 15) is 4.79 Å². The second-order valence-electron chi connectivity index (χ2n) is 7.70. The molecule has 1 atom stereocenters. The maximum absolute atomic E-state index is 12.6. The number of hydrogen-bond donors (Lipinski definition) is 1. The third kappa shape index (κ3) is 4.21. The van der Waals surface area contributed by atoms with Crippen LogP contribution in [0.25, 0.3) is 16.8 Å². The Bertz CT molecular complexity index is 1250. The molecule has 2 aromatic heterocycles. The van der Waals surface area contributed by atoms with Gasteiger partial charge in [0.2, 0.25) is 5.91 Å². The summed E-state index contributed by atoms with van der Waals surface area (Å²) in [5.41, 5.74) is 5.32. The molecule has 162 valence electrons. The summed E-state index contributed by atoms with van der Waals surface area (Å²) in [6, 6.07) is 18.3. The molecule has 0 aliphatic heterocycles. The Morgan fingerprint density at radius 3 is 2.91 bits per heavy atom. The maximum Gasteiger partial charge on any atom is 0.230 e. The van der Waals surface area contributed by atoms with Gasteiger partial charge in [0.05, 0.1) is 29.6 Å². The molecule has 0 radical (unpaired) electrons. The van der Waals surface area contributed by atoms with Crippen molar-refractivity contribution in [3.05, 3.63) is 78.1 Å². The smallest absolute Gasteiger partial charge is 0.230 e. The van der Waals surface area contributed by atoms with Gasteiger partial charge in [-0.05, 0) is 61.2 Å². The molecule has 1 aliphatic carbocycles. The molecule has 4 aromatic rings. The molecule has 0 fully saturated rings. The van der Waals surface area contributed by atoms with Gasteiger partial charge < -0.3 is 10.1 Å². The van der Waals surface area contributed by atoms with Crippen molar-refractivity contribution in [2.45, 2.75) is 30.8 Å². The van der Waals surface area contributed by atoms with E-state index >= 15 is 0 Å². The topological polar surface area (TPSA) is 68.5 Å². The van der Waals surface area contributed by atoms with Gasteiger partial charge in [0.15, 0.2) is 0 Å². The lowest BCUT2D eigenvalue weighted by molar-refractivity contribution is -0.119. The Labute approximate surface area is 191 Å². The molecule has 0 saturated heterocycles. The molecule has 0 spiro atoms. The minimum atomic E-state index is 0.0201. The van der Waals surface area contributed by atoms with Crippen LogP contribution in [0.4, 0.5) is 0 Å². The monoisotopic (exact) mass is 444 g/mol. The molecule has 1 amide bonds. The molecule has 1 unspecified atom stereocenters. The number of nitrogens with one attached hydrogen (secondary N) is 1. The number of ether oxygens (including phenoxy) is 1. The fraction of sp³-hybridized carbons (Fsp3) is 0.240. The zero-order valence-corrected chi connectivity index (χ0v) is 18.6. The number of thioether (sulfide) groups is 1. The van der Waals surface area contributed by atoms with E-state index < -0.39 is 0 Å². The summed E-state index contributed by atoms with van der Waals surface area (Å²) < 4.78 is 7.33. The molecule has 32 heavy (non-hydrogen) atoms. The van der Waals surface area contributed by atoms with Gasteiger partial charge in [0, 0.05) is 18.0 Å². The van der Waals surface area contributed by atoms with Gasteiger partial charge in [0.1, 0.15) is 10.8 Å². The Kier molecular flexibility index (Phi) is 5.81. The molecule has 1 aliphatic rings. The third-order valence-electron chi connectivity index (χ3n) is 5.62. The van der Waals surface area contributed by atoms with E-state index in [1.54, 1.807) is 6.20 Å². The highest BCUT2D eigenvalue weighted by molar-refractivity contribution is 8.00. The number of aryl methyl sites for hydroxylation is 1. The second kappa shape index (κ2) is 9.04. The Morgan fingerprint density at radius 1 is 1.22 bits per heavy atom. The van der Waals surface area contributed by atoms with Gasteiger partial charge in [-0.2, -0.15) is 5.10 Å². The second-order valence-corrected chi connectivity index (χ2v) is 8.66. The normalized spacial score (nSPS) is 15.0. The van der Waals surface area contributed by atoms with Crippen molar-refractivity contribution in [3.63, 3.8) is 0 Å². The van der Waals surface area contributed by atoms with Crippen LogP contribution < -0.4 is 10.1 Å². The van der Waals surface area contributed by atoms with E-state index in [0.29, 0.717) is 12.4 Å². The van der Waals surface area contributed by atoms with Gasteiger partial charge in [-0.25, -0.2) is 9.50 Å². The summed E-state index contributed by atoms with van der Waals surface area (Å²) in [4.78, 5) is 17.1. The fourth-order valence-corrected chi connectivity index (χ4v) is 4.90. The number of benzene rings is 2. The van der Waals surface area contributed by atoms with Crippen LogP contribution in [0, 0.1) is 0 Å².